The first-order valence-electron chi connectivity index (χ1n) is 7.95. The average Bonchev–Trinajstić information content (AvgIpc) is 2.55. The molecule has 0 atom stereocenters. The number of rotatable bonds is 7. The molecule has 24 heavy (non-hydrogen) atoms. The molecular formula is C19H26N4O. The molecule has 0 saturated carbocycles. The Balaban J connectivity index is 2.02. The highest BCUT2D eigenvalue weighted by Crippen LogP contribution is 2.15. The van der Waals surface area contributed by atoms with E-state index >= 15 is 0 Å². The van der Waals surface area contributed by atoms with Gasteiger partial charge < -0.3 is 20.7 Å². The summed E-state index contributed by atoms with van der Waals surface area (Å²) in [5, 5.41) is 3.15. The fourth-order valence-electron chi connectivity index (χ4n) is 2.47. The van der Waals surface area contributed by atoms with Crippen molar-refractivity contribution >= 4 is 11.6 Å². The van der Waals surface area contributed by atoms with Crippen LogP contribution >= 0.6 is 0 Å². The van der Waals surface area contributed by atoms with Crippen LogP contribution in [0.15, 0.2) is 53.5 Å². The van der Waals surface area contributed by atoms with Gasteiger partial charge in [0.15, 0.2) is 5.96 Å². The van der Waals surface area contributed by atoms with Crippen LogP contribution in [0.2, 0.25) is 0 Å². The van der Waals surface area contributed by atoms with Gasteiger partial charge in [-0.25, -0.2) is 4.99 Å². The summed E-state index contributed by atoms with van der Waals surface area (Å²) < 4.78 is 5.20. The zero-order chi connectivity index (χ0) is 17.4. The minimum absolute atomic E-state index is 0.400. The largest absolute Gasteiger partial charge is 0.380 e. The van der Waals surface area contributed by atoms with Crippen molar-refractivity contribution in [2.45, 2.75) is 19.7 Å². The summed E-state index contributed by atoms with van der Waals surface area (Å²) in [4.78, 5) is 6.58. The first kappa shape index (κ1) is 18.0. The molecule has 0 amide bonds. The van der Waals surface area contributed by atoms with Crippen molar-refractivity contribution in [1.29, 1.82) is 0 Å². The summed E-state index contributed by atoms with van der Waals surface area (Å²) >= 11 is 0. The molecule has 0 aliphatic heterocycles. The number of nitrogens with one attached hydrogen (secondary N) is 1. The molecular weight excluding hydrogens is 300 g/mol. The molecule has 0 aromatic heterocycles. The van der Waals surface area contributed by atoms with Gasteiger partial charge in [-0.1, -0.05) is 42.5 Å². The predicted octanol–water partition coefficient (Wildman–Crippen LogP) is 2.82. The van der Waals surface area contributed by atoms with Gasteiger partial charge in [-0.3, -0.25) is 0 Å². The molecule has 0 bridgehead atoms. The molecule has 0 spiro atoms. The van der Waals surface area contributed by atoms with Gasteiger partial charge in [-0.05, 0) is 31.3 Å². The first-order chi connectivity index (χ1) is 11.6. The topological polar surface area (TPSA) is 62.9 Å². The number of nitrogens with two attached hydrogens (primary N) is 1. The molecule has 0 fully saturated rings. The van der Waals surface area contributed by atoms with Crippen LogP contribution in [0.1, 0.15) is 16.7 Å². The van der Waals surface area contributed by atoms with Crippen LogP contribution in [0.5, 0.6) is 0 Å². The molecule has 3 N–H and O–H groups in total. The summed E-state index contributed by atoms with van der Waals surface area (Å²) in [5.74, 6) is 0.400. The maximum absolute atomic E-state index is 6.03. The lowest BCUT2D eigenvalue weighted by atomic mass is 10.1. The third kappa shape index (κ3) is 5.68. The molecule has 0 saturated heterocycles. The summed E-state index contributed by atoms with van der Waals surface area (Å²) in [5.41, 5.74) is 10.4. The van der Waals surface area contributed by atoms with Crippen LogP contribution in [0.25, 0.3) is 0 Å². The van der Waals surface area contributed by atoms with Gasteiger partial charge in [0.1, 0.15) is 0 Å². The Bertz CT molecular complexity index is 683. The zero-order valence-corrected chi connectivity index (χ0v) is 14.6. The minimum atomic E-state index is 0.400. The number of guanidine groups is 1. The van der Waals surface area contributed by atoms with Gasteiger partial charge in [0, 0.05) is 24.9 Å². The van der Waals surface area contributed by atoms with Crippen molar-refractivity contribution < 1.29 is 4.74 Å². The number of hydrogen-bond donors (Lipinski definition) is 2. The quantitative estimate of drug-likeness (QED) is 0.607. The second kappa shape index (κ2) is 9.05. The van der Waals surface area contributed by atoms with Crippen LogP contribution < -0.4 is 11.1 Å². The lowest BCUT2D eigenvalue weighted by Gasteiger charge is -2.12. The van der Waals surface area contributed by atoms with E-state index in [9.17, 15) is 0 Å². The van der Waals surface area contributed by atoms with Crippen LogP contribution in [-0.4, -0.2) is 32.1 Å². The van der Waals surface area contributed by atoms with E-state index in [1.165, 1.54) is 5.56 Å². The molecule has 2 aromatic carbocycles. The Morgan fingerprint density at radius 2 is 1.88 bits per heavy atom. The van der Waals surface area contributed by atoms with Crippen LogP contribution in [0, 0.1) is 0 Å². The van der Waals surface area contributed by atoms with Crippen molar-refractivity contribution in [3.8, 4) is 0 Å². The second-order valence-electron chi connectivity index (χ2n) is 5.97. The molecule has 0 radical (unpaired) electrons. The molecule has 0 aliphatic carbocycles. The molecule has 0 aliphatic rings. The maximum atomic E-state index is 6.03. The minimum Gasteiger partial charge on any atom is -0.380 e. The highest BCUT2D eigenvalue weighted by atomic mass is 16.5. The van der Waals surface area contributed by atoms with Crippen molar-refractivity contribution in [3.63, 3.8) is 0 Å². The third-order valence-electron chi connectivity index (χ3n) is 3.50. The molecule has 5 nitrogen and oxygen atoms in total. The van der Waals surface area contributed by atoms with Gasteiger partial charge >= 0.3 is 0 Å². The van der Waals surface area contributed by atoms with E-state index in [0.717, 1.165) is 23.4 Å². The number of ether oxygens (including phenoxy) is 1. The fraction of sp³-hybridized carbons (Fsp3) is 0.316. The van der Waals surface area contributed by atoms with E-state index in [4.69, 9.17) is 10.5 Å². The monoisotopic (exact) mass is 326 g/mol. The zero-order valence-electron chi connectivity index (χ0n) is 14.6. The molecule has 5 heteroatoms. The Morgan fingerprint density at radius 3 is 2.62 bits per heavy atom. The van der Waals surface area contributed by atoms with E-state index in [0.29, 0.717) is 19.1 Å². The number of para-hydroxylation sites is 1. The first-order valence-corrected chi connectivity index (χ1v) is 7.95. The maximum Gasteiger partial charge on any atom is 0.193 e. The van der Waals surface area contributed by atoms with Crippen molar-refractivity contribution in [3.05, 3.63) is 65.2 Å². The Kier molecular flexibility index (Phi) is 6.78. The number of aliphatic imine (C=N–C) groups is 1. The summed E-state index contributed by atoms with van der Waals surface area (Å²) in [6.45, 7) is 1.99. The number of methoxy groups -OCH3 is 1. The van der Waals surface area contributed by atoms with E-state index in [-0.39, 0.29) is 0 Å². The van der Waals surface area contributed by atoms with Crippen LogP contribution in [0.4, 0.5) is 5.69 Å². The highest BCUT2D eigenvalue weighted by Gasteiger charge is 2.03. The number of hydrogen-bond acceptors (Lipinski definition) is 3. The Morgan fingerprint density at radius 1 is 1.12 bits per heavy atom. The predicted molar refractivity (Wildman–Crippen MR) is 99.9 cm³/mol. The fourth-order valence-corrected chi connectivity index (χ4v) is 2.47. The Labute approximate surface area is 144 Å². The summed E-state index contributed by atoms with van der Waals surface area (Å²) in [6, 6.07) is 16.3. The Hall–Kier alpha value is -2.37. The smallest absolute Gasteiger partial charge is 0.193 e. The number of nitrogens with zero attached hydrogens (tertiary/aromatic N) is 2. The van der Waals surface area contributed by atoms with Crippen molar-refractivity contribution in [2.24, 2.45) is 10.7 Å². The normalized spacial score (nSPS) is 11.8. The molecule has 2 rings (SSSR count). The van der Waals surface area contributed by atoms with Crippen molar-refractivity contribution in [1.82, 2.24) is 4.90 Å². The number of benzene rings is 2. The van der Waals surface area contributed by atoms with Crippen molar-refractivity contribution in [2.75, 3.05) is 26.5 Å². The third-order valence-corrected chi connectivity index (χ3v) is 3.50. The van der Waals surface area contributed by atoms with Crippen LogP contribution in [0.3, 0.4) is 0 Å². The standard InChI is InChI=1S/C19H26N4O/c1-23(2)13-16-8-6-7-15(11-16)12-21-19(20)22-18-10-5-4-9-17(18)14-24-3/h4-11H,12-14H2,1-3H3,(H3,20,21,22). The summed E-state index contributed by atoms with van der Waals surface area (Å²) in [6.07, 6.45) is 0. The average molecular weight is 326 g/mol. The molecule has 0 unspecified atom stereocenters. The van der Waals surface area contributed by atoms with Gasteiger partial charge in [0.2, 0.25) is 0 Å². The van der Waals surface area contributed by atoms with E-state index in [2.05, 4.69) is 53.6 Å². The van der Waals surface area contributed by atoms with Crippen LogP contribution in [-0.2, 0) is 24.4 Å². The van der Waals surface area contributed by atoms with Gasteiger partial charge in [-0.15, -0.1) is 0 Å². The highest BCUT2D eigenvalue weighted by molar-refractivity contribution is 5.92. The van der Waals surface area contributed by atoms with E-state index in [1.54, 1.807) is 7.11 Å². The summed E-state index contributed by atoms with van der Waals surface area (Å²) in [7, 11) is 5.79. The van der Waals surface area contributed by atoms with Gasteiger partial charge in [-0.2, -0.15) is 0 Å². The molecule has 0 heterocycles. The van der Waals surface area contributed by atoms with Gasteiger partial charge in [0.25, 0.3) is 0 Å². The van der Waals surface area contributed by atoms with E-state index < -0.39 is 0 Å². The second-order valence-corrected chi connectivity index (χ2v) is 5.97. The molecule has 2 aromatic rings. The SMILES string of the molecule is COCc1ccccc1NC(N)=NCc1cccc(CN(C)C)c1. The van der Waals surface area contributed by atoms with Gasteiger partial charge in [0.05, 0.1) is 13.2 Å². The number of anilines is 1. The lowest BCUT2D eigenvalue weighted by molar-refractivity contribution is 0.185. The molecule has 128 valence electrons. The van der Waals surface area contributed by atoms with E-state index in [1.807, 2.05) is 24.3 Å². The lowest BCUT2D eigenvalue weighted by Crippen LogP contribution is -2.23.